The Morgan fingerprint density at radius 3 is 2.72 bits per heavy atom. The van der Waals surface area contributed by atoms with Gasteiger partial charge in [-0.25, -0.2) is 9.37 Å². The zero-order valence-corrected chi connectivity index (χ0v) is 16.3. The molecule has 1 aromatic heterocycles. The number of carbonyl (C=O) groups is 2. The Bertz CT molecular complexity index is 938. The number of hydrogen-bond donors (Lipinski definition) is 3. The van der Waals surface area contributed by atoms with E-state index in [4.69, 9.17) is 20.0 Å². The van der Waals surface area contributed by atoms with Crippen molar-refractivity contribution in [2.24, 2.45) is 11.7 Å². The van der Waals surface area contributed by atoms with Crippen molar-refractivity contribution in [1.29, 1.82) is 0 Å². The van der Waals surface area contributed by atoms with Gasteiger partial charge in [-0.1, -0.05) is 6.92 Å². The van der Waals surface area contributed by atoms with Gasteiger partial charge in [-0.2, -0.15) is 0 Å². The summed E-state index contributed by atoms with van der Waals surface area (Å²) in [5.41, 5.74) is 8.81. The lowest BCUT2D eigenvalue weighted by Crippen LogP contribution is -2.34. The number of nitrogens with one attached hydrogen (secondary N) is 2. The number of pyridine rings is 1. The van der Waals surface area contributed by atoms with Crippen LogP contribution in [0.25, 0.3) is 10.8 Å². The minimum absolute atomic E-state index is 0.0453. The topological polar surface area (TPSA) is 125 Å². The van der Waals surface area contributed by atoms with Gasteiger partial charge >= 0.3 is 0 Å². The van der Waals surface area contributed by atoms with Crippen LogP contribution in [0.4, 0.5) is 10.1 Å². The zero-order chi connectivity index (χ0) is 21.1. The number of nitrogens with zero attached hydrogens (tertiary/aromatic N) is 1. The summed E-state index contributed by atoms with van der Waals surface area (Å²) in [6.45, 7) is 1.86. The van der Waals surface area contributed by atoms with E-state index in [2.05, 4.69) is 15.8 Å². The quantitative estimate of drug-likeness (QED) is 0.568. The Kier molecular flexibility index (Phi) is 6.02. The highest BCUT2D eigenvalue weighted by Crippen LogP contribution is 2.35. The number of methoxy groups -OCH3 is 1. The first-order chi connectivity index (χ1) is 13.9. The molecule has 0 aliphatic carbocycles. The number of ether oxygens (including phenoxy) is 2. The average Bonchev–Trinajstić information content (AvgIpc) is 2.99. The van der Waals surface area contributed by atoms with E-state index in [1.54, 1.807) is 12.1 Å². The lowest BCUT2D eigenvalue weighted by molar-refractivity contribution is -0.123. The van der Waals surface area contributed by atoms with Gasteiger partial charge < -0.3 is 20.5 Å². The van der Waals surface area contributed by atoms with Crippen LogP contribution < -0.4 is 26.0 Å². The molecule has 1 saturated heterocycles. The van der Waals surface area contributed by atoms with Crippen molar-refractivity contribution in [3.05, 3.63) is 23.9 Å². The van der Waals surface area contributed by atoms with Crippen LogP contribution in [0.2, 0.25) is 0 Å². The van der Waals surface area contributed by atoms with Crippen LogP contribution in [-0.4, -0.2) is 49.8 Å². The number of rotatable bonds is 8. The molecule has 0 saturated carbocycles. The minimum Gasteiger partial charge on any atom is -0.496 e. The molecule has 2 amide bonds. The fraction of sp³-hybridized carbons (Fsp3) is 0.421. The number of nitrogens with two attached hydrogens (primary N) is 1. The van der Waals surface area contributed by atoms with E-state index in [0.29, 0.717) is 22.9 Å². The average molecular weight is 406 g/mol. The molecule has 29 heavy (non-hydrogen) atoms. The van der Waals surface area contributed by atoms with Crippen LogP contribution in [-0.2, 0) is 9.63 Å². The third-order valence-corrected chi connectivity index (χ3v) is 4.99. The maximum Gasteiger partial charge on any atom is 0.255 e. The highest BCUT2D eigenvalue weighted by atomic mass is 19.1. The fourth-order valence-corrected chi connectivity index (χ4v) is 3.50. The summed E-state index contributed by atoms with van der Waals surface area (Å²) in [5.74, 6) is -1.26. The second-order valence-corrected chi connectivity index (χ2v) is 6.65. The van der Waals surface area contributed by atoms with Crippen LogP contribution in [0, 0.1) is 5.92 Å². The molecule has 10 heteroatoms. The number of halogens is 1. The van der Waals surface area contributed by atoms with E-state index in [1.165, 1.54) is 20.4 Å². The molecule has 0 radical (unpaired) electrons. The number of anilines is 1. The fourth-order valence-electron chi connectivity index (χ4n) is 3.50. The van der Waals surface area contributed by atoms with Gasteiger partial charge in [0.25, 0.3) is 11.8 Å². The smallest absolute Gasteiger partial charge is 0.255 e. The van der Waals surface area contributed by atoms with Crippen molar-refractivity contribution in [1.82, 2.24) is 10.3 Å². The SMILES string of the molecule is CC[C@H]1C(COc2ncc(NOC)c3cc(C(N)=O)c(OC)cc23)NC(=O)[C@H]1F. The third kappa shape index (κ3) is 3.88. The van der Waals surface area contributed by atoms with Gasteiger partial charge in [0.2, 0.25) is 5.88 Å². The van der Waals surface area contributed by atoms with Crippen LogP contribution in [0.5, 0.6) is 11.6 Å². The molecule has 1 aliphatic heterocycles. The van der Waals surface area contributed by atoms with E-state index in [9.17, 15) is 14.0 Å². The standard InChI is InChI=1S/C19H23FN4O5/c1-4-9-14(23-18(26)16(9)20)8-29-19-11-6-15(27-2)12(17(21)25)5-10(11)13(7-22-19)24-28-3/h5-7,9,14,16,24H,4,8H2,1-3H3,(H2,21,25)(H,23,26)/t9-,14?,16-/m0/s1. The Morgan fingerprint density at radius 2 is 2.10 bits per heavy atom. The highest BCUT2D eigenvalue weighted by molar-refractivity contribution is 6.05. The van der Waals surface area contributed by atoms with Gasteiger partial charge in [0.1, 0.15) is 12.4 Å². The molecule has 3 atom stereocenters. The lowest BCUT2D eigenvalue weighted by Gasteiger charge is -2.19. The molecule has 1 fully saturated rings. The predicted octanol–water partition coefficient (Wildman–Crippen LogP) is 1.56. The first-order valence-corrected chi connectivity index (χ1v) is 9.08. The van der Waals surface area contributed by atoms with Crippen molar-refractivity contribution >= 4 is 28.3 Å². The van der Waals surface area contributed by atoms with Crippen molar-refractivity contribution in [2.45, 2.75) is 25.6 Å². The van der Waals surface area contributed by atoms with Crippen LogP contribution in [0.1, 0.15) is 23.7 Å². The maximum atomic E-state index is 14.0. The molecular weight excluding hydrogens is 383 g/mol. The summed E-state index contributed by atoms with van der Waals surface area (Å²) in [6.07, 6.45) is 0.417. The van der Waals surface area contributed by atoms with E-state index >= 15 is 0 Å². The van der Waals surface area contributed by atoms with Crippen molar-refractivity contribution in [3.63, 3.8) is 0 Å². The maximum absolute atomic E-state index is 14.0. The van der Waals surface area contributed by atoms with Gasteiger partial charge in [0, 0.05) is 16.7 Å². The summed E-state index contributed by atoms with van der Waals surface area (Å²) in [7, 11) is 2.86. The summed E-state index contributed by atoms with van der Waals surface area (Å²) in [5, 5.41) is 3.71. The van der Waals surface area contributed by atoms with Gasteiger partial charge in [0.05, 0.1) is 37.7 Å². The molecule has 2 heterocycles. The summed E-state index contributed by atoms with van der Waals surface area (Å²) in [4.78, 5) is 32.7. The monoisotopic (exact) mass is 406 g/mol. The van der Waals surface area contributed by atoms with Crippen molar-refractivity contribution in [3.8, 4) is 11.6 Å². The van der Waals surface area contributed by atoms with Crippen molar-refractivity contribution in [2.75, 3.05) is 26.3 Å². The Balaban J connectivity index is 1.98. The first-order valence-electron chi connectivity index (χ1n) is 9.08. The Morgan fingerprint density at radius 1 is 1.34 bits per heavy atom. The van der Waals surface area contributed by atoms with Gasteiger partial charge in [-0.15, -0.1) is 0 Å². The molecule has 4 N–H and O–H groups in total. The van der Waals surface area contributed by atoms with Crippen molar-refractivity contribution < 1.29 is 28.3 Å². The first kappa shape index (κ1) is 20.6. The number of alkyl halides is 1. The molecular formula is C19H23FN4O5. The van der Waals surface area contributed by atoms with E-state index in [0.717, 1.165) is 0 Å². The number of fused-ring (bicyclic) bond motifs is 1. The molecule has 156 valence electrons. The Labute approximate surface area is 166 Å². The summed E-state index contributed by atoms with van der Waals surface area (Å²) in [6, 6.07) is 2.67. The number of amides is 2. The number of aromatic nitrogens is 1. The molecule has 1 aliphatic rings. The molecule has 0 bridgehead atoms. The minimum atomic E-state index is -1.55. The van der Waals surface area contributed by atoms with E-state index in [-0.39, 0.29) is 23.8 Å². The van der Waals surface area contributed by atoms with E-state index < -0.39 is 29.9 Å². The Hall–Kier alpha value is -3.14. The van der Waals surface area contributed by atoms with Gasteiger partial charge in [0.15, 0.2) is 6.17 Å². The number of benzene rings is 1. The lowest BCUT2D eigenvalue weighted by atomic mass is 9.97. The number of carbonyl (C=O) groups excluding carboxylic acids is 2. The predicted molar refractivity (Wildman–Crippen MR) is 104 cm³/mol. The van der Waals surface area contributed by atoms with Gasteiger partial charge in [-0.3, -0.25) is 19.9 Å². The second-order valence-electron chi connectivity index (χ2n) is 6.65. The number of hydrogen-bond acceptors (Lipinski definition) is 7. The zero-order valence-electron chi connectivity index (χ0n) is 16.3. The summed E-state index contributed by atoms with van der Waals surface area (Å²) < 4.78 is 25.1. The molecule has 0 spiro atoms. The molecule has 1 unspecified atom stereocenters. The second kappa shape index (κ2) is 8.48. The normalized spacial score (nSPS) is 21.1. The van der Waals surface area contributed by atoms with E-state index in [1.807, 2.05) is 6.92 Å². The van der Waals surface area contributed by atoms with Crippen LogP contribution in [0.3, 0.4) is 0 Å². The summed E-state index contributed by atoms with van der Waals surface area (Å²) >= 11 is 0. The van der Waals surface area contributed by atoms with Gasteiger partial charge in [-0.05, 0) is 18.6 Å². The highest BCUT2D eigenvalue weighted by Gasteiger charge is 2.41. The molecule has 1 aromatic carbocycles. The molecule has 2 aromatic rings. The molecule has 9 nitrogen and oxygen atoms in total. The van der Waals surface area contributed by atoms with Crippen LogP contribution in [0.15, 0.2) is 18.3 Å². The number of primary amides is 1. The van der Waals surface area contributed by atoms with Crippen LogP contribution >= 0.6 is 0 Å². The molecule has 3 rings (SSSR count). The largest absolute Gasteiger partial charge is 0.496 e. The third-order valence-electron chi connectivity index (χ3n) is 4.99.